The van der Waals surface area contributed by atoms with E-state index in [0.29, 0.717) is 6.04 Å². The topological polar surface area (TPSA) is 42.7 Å². The highest BCUT2D eigenvalue weighted by molar-refractivity contribution is 5.25. The number of aromatic nitrogens is 3. The SMILES string of the molecule is Cc1ccc(C(NCc2nncn2C)C2CC2)cc1. The quantitative estimate of drug-likeness (QED) is 0.893. The van der Waals surface area contributed by atoms with E-state index in [9.17, 15) is 0 Å². The maximum atomic E-state index is 4.13. The molecule has 4 nitrogen and oxygen atoms in total. The molecule has 3 rings (SSSR count). The van der Waals surface area contributed by atoms with Crippen molar-refractivity contribution in [2.75, 3.05) is 0 Å². The molecule has 1 aliphatic rings. The number of aryl methyl sites for hydroxylation is 2. The van der Waals surface area contributed by atoms with E-state index < -0.39 is 0 Å². The summed E-state index contributed by atoms with van der Waals surface area (Å²) < 4.78 is 1.96. The lowest BCUT2D eigenvalue weighted by Crippen LogP contribution is -2.24. The molecule has 0 saturated heterocycles. The van der Waals surface area contributed by atoms with Gasteiger partial charge < -0.3 is 9.88 Å². The zero-order chi connectivity index (χ0) is 13.2. The minimum absolute atomic E-state index is 0.442. The number of nitrogens with zero attached hydrogens (tertiary/aromatic N) is 3. The van der Waals surface area contributed by atoms with Gasteiger partial charge in [0.2, 0.25) is 0 Å². The van der Waals surface area contributed by atoms with Gasteiger partial charge in [0, 0.05) is 13.1 Å². The van der Waals surface area contributed by atoms with Gasteiger partial charge in [0.05, 0.1) is 6.54 Å². The van der Waals surface area contributed by atoms with E-state index in [1.165, 1.54) is 24.0 Å². The van der Waals surface area contributed by atoms with Gasteiger partial charge >= 0.3 is 0 Å². The van der Waals surface area contributed by atoms with Crippen molar-refractivity contribution in [3.05, 3.63) is 47.5 Å². The van der Waals surface area contributed by atoms with E-state index in [-0.39, 0.29) is 0 Å². The summed E-state index contributed by atoms with van der Waals surface area (Å²) in [5, 5.41) is 11.7. The van der Waals surface area contributed by atoms with Crippen molar-refractivity contribution >= 4 is 0 Å². The van der Waals surface area contributed by atoms with E-state index in [0.717, 1.165) is 18.3 Å². The molecule has 0 aliphatic heterocycles. The van der Waals surface area contributed by atoms with Crippen molar-refractivity contribution in [2.45, 2.75) is 32.4 Å². The second kappa shape index (κ2) is 5.13. The van der Waals surface area contributed by atoms with E-state index in [4.69, 9.17) is 0 Å². The van der Waals surface area contributed by atoms with Crippen LogP contribution in [0.2, 0.25) is 0 Å². The number of nitrogens with one attached hydrogen (secondary N) is 1. The Hall–Kier alpha value is -1.68. The highest BCUT2D eigenvalue weighted by Crippen LogP contribution is 2.41. The van der Waals surface area contributed by atoms with Crippen molar-refractivity contribution in [1.82, 2.24) is 20.1 Å². The van der Waals surface area contributed by atoms with Crippen LogP contribution in [0.15, 0.2) is 30.6 Å². The van der Waals surface area contributed by atoms with Crippen LogP contribution in [-0.2, 0) is 13.6 Å². The third kappa shape index (κ3) is 2.84. The summed E-state index contributed by atoms with van der Waals surface area (Å²) in [6, 6.07) is 9.30. The van der Waals surface area contributed by atoms with Gasteiger partial charge in [-0.1, -0.05) is 29.8 Å². The molecule has 1 fully saturated rings. The summed E-state index contributed by atoms with van der Waals surface area (Å²) in [6.45, 7) is 2.90. The van der Waals surface area contributed by atoms with Crippen molar-refractivity contribution in [2.24, 2.45) is 13.0 Å². The molecule has 1 atom stereocenters. The summed E-state index contributed by atoms with van der Waals surface area (Å²) in [6.07, 6.45) is 4.39. The molecule has 1 aromatic carbocycles. The Bertz CT molecular complexity index is 540. The standard InChI is InChI=1S/C15H20N4/c1-11-3-5-12(6-4-11)15(13-7-8-13)16-9-14-18-17-10-19(14)2/h3-6,10,13,15-16H,7-9H2,1-2H3. The van der Waals surface area contributed by atoms with Crippen LogP contribution in [-0.4, -0.2) is 14.8 Å². The first-order valence-corrected chi connectivity index (χ1v) is 6.87. The lowest BCUT2D eigenvalue weighted by molar-refractivity contribution is 0.467. The zero-order valence-corrected chi connectivity index (χ0v) is 11.5. The average molecular weight is 256 g/mol. The number of rotatable bonds is 5. The van der Waals surface area contributed by atoms with Crippen molar-refractivity contribution < 1.29 is 0 Å². The lowest BCUT2D eigenvalue weighted by atomic mass is 10.0. The fourth-order valence-corrected chi connectivity index (χ4v) is 2.43. The Balaban J connectivity index is 1.71. The number of hydrogen-bond donors (Lipinski definition) is 1. The smallest absolute Gasteiger partial charge is 0.146 e. The van der Waals surface area contributed by atoms with Gasteiger partial charge in [-0.15, -0.1) is 10.2 Å². The van der Waals surface area contributed by atoms with Gasteiger partial charge in [-0.3, -0.25) is 0 Å². The van der Waals surface area contributed by atoms with Crippen LogP contribution >= 0.6 is 0 Å². The largest absolute Gasteiger partial charge is 0.320 e. The first kappa shape index (κ1) is 12.4. The molecule has 0 spiro atoms. The monoisotopic (exact) mass is 256 g/mol. The third-order valence-corrected chi connectivity index (χ3v) is 3.82. The Morgan fingerprint density at radius 1 is 1.32 bits per heavy atom. The third-order valence-electron chi connectivity index (χ3n) is 3.82. The van der Waals surface area contributed by atoms with Crippen LogP contribution in [0, 0.1) is 12.8 Å². The van der Waals surface area contributed by atoms with Gasteiger partial charge in [-0.25, -0.2) is 0 Å². The van der Waals surface area contributed by atoms with E-state index in [2.05, 4.69) is 46.7 Å². The summed E-state index contributed by atoms with van der Waals surface area (Å²) in [5.41, 5.74) is 2.70. The van der Waals surface area contributed by atoms with Gasteiger partial charge in [0.15, 0.2) is 0 Å². The molecule has 19 heavy (non-hydrogen) atoms. The molecule has 1 N–H and O–H groups in total. The predicted octanol–water partition coefficient (Wildman–Crippen LogP) is 2.36. The van der Waals surface area contributed by atoms with Gasteiger partial charge in [-0.05, 0) is 31.2 Å². The normalized spacial score (nSPS) is 16.5. The van der Waals surface area contributed by atoms with Gasteiger partial charge in [-0.2, -0.15) is 0 Å². The van der Waals surface area contributed by atoms with Crippen molar-refractivity contribution in [3.8, 4) is 0 Å². The fourth-order valence-electron chi connectivity index (χ4n) is 2.43. The Morgan fingerprint density at radius 2 is 2.05 bits per heavy atom. The predicted molar refractivity (Wildman–Crippen MR) is 74.5 cm³/mol. The molecular formula is C15H20N4. The molecule has 1 aromatic heterocycles. The molecule has 0 amide bonds. The molecule has 4 heteroatoms. The van der Waals surface area contributed by atoms with E-state index in [1.807, 2.05) is 11.6 Å². The zero-order valence-electron chi connectivity index (χ0n) is 11.5. The van der Waals surface area contributed by atoms with Crippen LogP contribution in [0.5, 0.6) is 0 Å². The molecule has 0 radical (unpaired) electrons. The van der Waals surface area contributed by atoms with Crippen molar-refractivity contribution in [3.63, 3.8) is 0 Å². The molecule has 1 saturated carbocycles. The second-order valence-electron chi connectivity index (χ2n) is 5.46. The summed E-state index contributed by atoms with van der Waals surface area (Å²) in [4.78, 5) is 0. The van der Waals surface area contributed by atoms with E-state index in [1.54, 1.807) is 6.33 Å². The lowest BCUT2D eigenvalue weighted by Gasteiger charge is -2.18. The molecular weight excluding hydrogens is 236 g/mol. The Labute approximate surface area is 113 Å². The van der Waals surface area contributed by atoms with Crippen LogP contribution in [0.3, 0.4) is 0 Å². The van der Waals surface area contributed by atoms with Gasteiger partial charge in [0.25, 0.3) is 0 Å². The molecule has 1 unspecified atom stereocenters. The highest BCUT2D eigenvalue weighted by Gasteiger charge is 2.32. The molecule has 100 valence electrons. The Morgan fingerprint density at radius 3 is 2.63 bits per heavy atom. The van der Waals surface area contributed by atoms with Crippen LogP contribution in [0.4, 0.5) is 0 Å². The molecule has 1 aliphatic carbocycles. The fraction of sp³-hybridized carbons (Fsp3) is 0.467. The number of benzene rings is 1. The minimum atomic E-state index is 0.442. The van der Waals surface area contributed by atoms with Crippen LogP contribution in [0.25, 0.3) is 0 Å². The Kier molecular flexibility index (Phi) is 3.34. The maximum Gasteiger partial charge on any atom is 0.146 e. The maximum absolute atomic E-state index is 4.13. The van der Waals surface area contributed by atoms with Crippen LogP contribution in [0.1, 0.15) is 35.8 Å². The molecule has 2 aromatic rings. The summed E-state index contributed by atoms with van der Waals surface area (Å²) >= 11 is 0. The first-order valence-electron chi connectivity index (χ1n) is 6.87. The van der Waals surface area contributed by atoms with Gasteiger partial charge in [0.1, 0.15) is 12.2 Å². The first-order chi connectivity index (χ1) is 9.24. The highest BCUT2D eigenvalue weighted by atomic mass is 15.3. The minimum Gasteiger partial charge on any atom is -0.320 e. The van der Waals surface area contributed by atoms with E-state index >= 15 is 0 Å². The summed E-state index contributed by atoms with van der Waals surface area (Å²) in [7, 11) is 1.98. The number of hydrogen-bond acceptors (Lipinski definition) is 3. The average Bonchev–Trinajstić information content (AvgIpc) is 3.16. The van der Waals surface area contributed by atoms with Crippen LogP contribution < -0.4 is 5.32 Å². The second-order valence-corrected chi connectivity index (χ2v) is 5.46. The van der Waals surface area contributed by atoms with Crippen molar-refractivity contribution in [1.29, 1.82) is 0 Å². The summed E-state index contributed by atoms with van der Waals surface area (Å²) in [5.74, 6) is 1.76. The molecule has 1 heterocycles. The molecule has 0 bridgehead atoms.